The third-order valence-corrected chi connectivity index (χ3v) is 5.63. The molecule has 6 heteroatoms. The molecule has 0 fully saturated rings. The molecule has 0 unspecified atom stereocenters. The molecule has 2 aliphatic heterocycles. The number of ether oxygens (including phenoxy) is 2. The number of esters is 1. The van der Waals surface area contributed by atoms with E-state index in [2.05, 4.69) is 4.98 Å². The summed E-state index contributed by atoms with van der Waals surface area (Å²) in [5.74, 6) is 0.450. The molecule has 2 aliphatic rings. The summed E-state index contributed by atoms with van der Waals surface area (Å²) in [6.07, 6.45) is 0.900. The molecular weight excluding hydrogens is 356 g/mol. The molecule has 0 spiro atoms. The van der Waals surface area contributed by atoms with Crippen LogP contribution in [0.2, 0.25) is 0 Å². The zero-order valence-corrected chi connectivity index (χ0v) is 15.5. The average molecular weight is 376 g/mol. The van der Waals surface area contributed by atoms with E-state index in [1.54, 1.807) is 6.07 Å². The van der Waals surface area contributed by atoms with E-state index in [0.717, 1.165) is 39.9 Å². The van der Waals surface area contributed by atoms with Crippen LogP contribution in [0.1, 0.15) is 27.2 Å². The first-order valence-corrected chi connectivity index (χ1v) is 9.39. The standard InChI is InChI=1S/C22H20N2O4/c1-27-22(26)14-6-7-17-15(10-14)16-12-24(9-8-18(16)23-17)21(25)20-11-13-4-2-3-5-19(13)28-20/h2-7,10,20,23H,8-9,11-12H2,1H3/t20-/m0/s1. The molecule has 0 aliphatic carbocycles. The normalized spacial score (nSPS) is 17.8. The summed E-state index contributed by atoms with van der Waals surface area (Å²) in [5.41, 5.74) is 4.74. The summed E-state index contributed by atoms with van der Waals surface area (Å²) in [6, 6.07) is 13.3. The SMILES string of the molecule is COC(=O)c1ccc2[nH]c3c(c2c1)CN(C(=O)[C@@H]1Cc2ccccc2O1)CC3. The molecule has 1 amide bonds. The van der Waals surface area contributed by atoms with Crippen LogP contribution in [0.25, 0.3) is 10.9 Å². The van der Waals surface area contributed by atoms with Gasteiger partial charge in [0.15, 0.2) is 6.10 Å². The fourth-order valence-electron chi connectivity index (χ4n) is 4.17. The van der Waals surface area contributed by atoms with Gasteiger partial charge < -0.3 is 19.4 Å². The largest absolute Gasteiger partial charge is 0.480 e. The molecule has 28 heavy (non-hydrogen) atoms. The first-order valence-electron chi connectivity index (χ1n) is 9.39. The van der Waals surface area contributed by atoms with Crippen LogP contribution in [0.15, 0.2) is 42.5 Å². The molecule has 1 atom stereocenters. The summed E-state index contributed by atoms with van der Waals surface area (Å²) in [4.78, 5) is 30.2. The zero-order valence-electron chi connectivity index (χ0n) is 15.5. The topological polar surface area (TPSA) is 71.6 Å². The maximum absolute atomic E-state index is 13.1. The number of nitrogens with one attached hydrogen (secondary N) is 1. The van der Waals surface area contributed by atoms with Crippen LogP contribution in [0.4, 0.5) is 0 Å². The van der Waals surface area contributed by atoms with Gasteiger partial charge in [-0.25, -0.2) is 4.79 Å². The van der Waals surface area contributed by atoms with E-state index < -0.39 is 6.10 Å². The van der Waals surface area contributed by atoms with E-state index in [1.165, 1.54) is 7.11 Å². The van der Waals surface area contributed by atoms with E-state index in [1.807, 2.05) is 41.3 Å². The van der Waals surface area contributed by atoms with Crippen LogP contribution in [-0.2, 0) is 28.9 Å². The molecule has 1 N–H and O–H groups in total. The lowest BCUT2D eigenvalue weighted by Gasteiger charge is -2.29. The summed E-state index contributed by atoms with van der Waals surface area (Å²) in [5, 5.41) is 0.964. The van der Waals surface area contributed by atoms with Crippen molar-refractivity contribution in [2.75, 3.05) is 13.7 Å². The van der Waals surface area contributed by atoms with Gasteiger partial charge >= 0.3 is 5.97 Å². The summed E-state index contributed by atoms with van der Waals surface area (Å²) >= 11 is 0. The van der Waals surface area contributed by atoms with Crippen LogP contribution in [-0.4, -0.2) is 41.5 Å². The molecule has 0 radical (unpaired) electrons. The predicted octanol–water partition coefficient (Wildman–Crippen LogP) is 2.84. The average Bonchev–Trinajstić information content (AvgIpc) is 3.33. The number of amides is 1. The van der Waals surface area contributed by atoms with Gasteiger partial charge in [-0.05, 0) is 29.8 Å². The van der Waals surface area contributed by atoms with E-state index in [9.17, 15) is 9.59 Å². The Morgan fingerprint density at radius 2 is 2.07 bits per heavy atom. The maximum Gasteiger partial charge on any atom is 0.337 e. The van der Waals surface area contributed by atoms with Crippen molar-refractivity contribution >= 4 is 22.8 Å². The third-order valence-electron chi connectivity index (χ3n) is 5.63. The Bertz CT molecular complexity index is 1080. The fraction of sp³-hybridized carbons (Fsp3) is 0.273. The van der Waals surface area contributed by atoms with Crippen molar-refractivity contribution in [1.82, 2.24) is 9.88 Å². The number of methoxy groups -OCH3 is 1. The van der Waals surface area contributed by atoms with E-state index in [-0.39, 0.29) is 11.9 Å². The second-order valence-electron chi connectivity index (χ2n) is 7.26. The van der Waals surface area contributed by atoms with Gasteiger partial charge in [0.25, 0.3) is 5.91 Å². The van der Waals surface area contributed by atoms with Crippen molar-refractivity contribution in [1.29, 1.82) is 0 Å². The van der Waals surface area contributed by atoms with Crippen LogP contribution in [0, 0.1) is 0 Å². The van der Waals surface area contributed by atoms with Gasteiger partial charge in [-0.2, -0.15) is 0 Å². The highest BCUT2D eigenvalue weighted by atomic mass is 16.5. The summed E-state index contributed by atoms with van der Waals surface area (Å²) < 4.78 is 10.7. The Balaban J connectivity index is 1.41. The van der Waals surface area contributed by atoms with E-state index >= 15 is 0 Å². The third kappa shape index (κ3) is 2.64. The fourth-order valence-corrected chi connectivity index (χ4v) is 4.17. The Morgan fingerprint density at radius 3 is 2.89 bits per heavy atom. The van der Waals surface area contributed by atoms with Crippen LogP contribution in [0.5, 0.6) is 5.75 Å². The number of benzene rings is 2. The number of carbonyl (C=O) groups excluding carboxylic acids is 2. The molecule has 3 aromatic rings. The van der Waals surface area contributed by atoms with E-state index in [0.29, 0.717) is 25.1 Å². The number of carbonyl (C=O) groups is 2. The maximum atomic E-state index is 13.1. The molecule has 142 valence electrons. The van der Waals surface area contributed by atoms with Crippen LogP contribution >= 0.6 is 0 Å². The number of para-hydroxylation sites is 1. The second kappa shape index (κ2) is 6.41. The lowest BCUT2D eigenvalue weighted by atomic mass is 10.0. The van der Waals surface area contributed by atoms with Gasteiger partial charge in [-0.3, -0.25) is 4.79 Å². The zero-order chi connectivity index (χ0) is 19.3. The van der Waals surface area contributed by atoms with Crippen molar-refractivity contribution in [3.63, 3.8) is 0 Å². The Labute approximate surface area is 162 Å². The number of hydrogen-bond donors (Lipinski definition) is 1. The highest BCUT2D eigenvalue weighted by Gasteiger charge is 2.34. The molecule has 0 bridgehead atoms. The van der Waals surface area contributed by atoms with Gasteiger partial charge in [0.2, 0.25) is 0 Å². The van der Waals surface area contributed by atoms with Gasteiger partial charge in [0.1, 0.15) is 5.75 Å². The van der Waals surface area contributed by atoms with Crippen LogP contribution < -0.4 is 4.74 Å². The highest BCUT2D eigenvalue weighted by Crippen LogP contribution is 2.32. The van der Waals surface area contributed by atoms with E-state index in [4.69, 9.17) is 9.47 Å². The number of aromatic amines is 1. The smallest absolute Gasteiger partial charge is 0.337 e. The number of fused-ring (bicyclic) bond motifs is 4. The molecule has 6 nitrogen and oxygen atoms in total. The molecule has 3 heterocycles. The lowest BCUT2D eigenvalue weighted by Crippen LogP contribution is -2.43. The van der Waals surface area contributed by atoms with Crippen LogP contribution in [0.3, 0.4) is 0 Å². The minimum atomic E-state index is -0.463. The number of nitrogens with zero attached hydrogens (tertiary/aromatic N) is 1. The molecule has 0 saturated heterocycles. The minimum absolute atomic E-state index is 0.0142. The van der Waals surface area contributed by atoms with Gasteiger partial charge in [-0.1, -0.05) is 18.2 Å². The second-order valence-corrected chi connectivity index (χ2v) is 7.26. The monoisotopic (exact) mass is 376 g/mol. The Kier molecular flexibility index (Phi) is 3.86. The first-order chi connectivity index (χ1) is 13.6. The first kappa shape index (κ1) is 16.9. The molecular formula is C22H20N2O4. The number of hydrogen-bond acceptors (Lipinski definition) is 4. The van der Waals surface area contributed by atoms with Gasteiger partial charge in [0.05, 0.1) is 12.7 Å². The number of aromatic nitrogens is 1. The minimum Gasteiger partial charge on any atom is -0.480 e. The lowest BCUT2D eigenvalue weighted by molar-refractivity contribution is -0.138. The number of H-pyrrole nitrogens is 1. The molecule has 0 saturated carbocycles. The van der Waals surface area contributed by atoms with Gasteiger partial charge in [0, 0.05) is 48.1 Å². The predicted molar refractivity (Wildman–Crippen MR) is 103 cm³/mol. The Morgan fingerprint density at radius 1 is 1.21 bits per heavy atom. The molecule has 5 rings (SSSR count). The highest BCUT2D eigenvalue weighted by molar-refractivity contribution is 5.96. The Hall–Kier alpha value is -3.28. The quantitative estimate of drug-likeness (QED) is 0.698. The van der Waals surface area contributed by atoms with Crippen molar-refractivity contribution in [3.8, 4) is 5.75 Å². The van der Waals surface area contributed by atoms with Gasteiger partial charge in [-0.15, -0.1) is 0 Å². The van der Waals surface area contributed by atoms with Crippen molar-refractivity contribution in [3.05, 3.63) is 64.8 Å². The summed E-state index contributed by atoms with van der Waals surface area (Å²) in [7, 11) is 1.37. The number of rotatable bonds is 2. The van der Waals surface area contributed by atoms with Crippen molar-refractivity contribution in [2.45, 2.75) is 25.5 Å². The van der Waals surface area contributed by atoms with Crippen molar-refractivity contribution in [2.24, 2.45) is 0 Å². The molecule has 2 aromatic carbocycles. The molecule has 1 aromatic heterocycles. The van der Waals surface area contributed by atoms with Crippen molar-refractivity contribution < 1.29 is 19.1 Å². The summed E-state index contributed by atoms with van der Waals surface area (Å²) in [6.45, 7) is 1.16.